The van der Waals surface area contributed by atoms with Crippen LogP contribution in [0.2, 0.25) is 0 Å². The summed E-state index contributed by atoms with van der Waals surface area (Å²) in [6.07, 6.45) is -3.11. The van der Waals surface area contributed by atoms with Gasteiger partial charge in [-0.05, 0) is 22.3 Å². The van der Waals surface area contributed by atoms with Crippen LogP contribution in [0.4, 0.5) is 13.6 Å². The Morgan fingerprint density at radius 2 is 1.71 bits per heavy atom. The first kappa shape index (κ1) is 23.6. The van der Waals surface area contributed by atoms with E-state index in [4.69, 9.17) is 9.47 Å². The van der Waals surface area contributed by atoms with E-state index in [1.165, 1.54) is 7.11 Å². The Morgan fingerprint density at radius 1 is 1.12 bits per heavy atom. The van der Waals surface area contributed by atoms with E-state index >= 15 is 0 Å². The van der Waals surface area contributed by atoms with Crippen LogP contribution in [-0.2, 0) is 19.1 Å². The zero-order chi connectivity index (χ0) is 24.5. The smallest absolute Gasteiger partial charge is 0.407 e. The molecule has 2 amide bonds. The van der Waals surface area contributed by atoms with E-state index in [1.54, 1.807) is 0 Å². The number of amides is 2. The summed E-state index contributed by atoms with van der Waals surface area (Å²) >= 11 is 0. The molecule has 2 N–H and O–H groups in total. The predicted octanol–water partition coefficient (Wildman–Crippen LogP) is 2.86. The predicted molar refractivity (Wildman–Crippen MR) is 117 cm³/mol. The maximum Gasteiger partial charge on any atom is 0.407 e. The molecule has 4 rings (SSSR count). The van der Waals surface area contributed by atoms with E-state index in [-0.39, 0.29) is 19.1 Å². The topological polar surface area (TPSA) is 105 Å². The van der Waals surface area contributed by atoms with Crippen LogP contribution in [0.25, 0.3) is 11.1 Å². The minimum atomic E-state index is -3.31. The maximum atomic E-state index is 13.7. The maximum absolute atomic E-state index is 13.7. The molecule has 1 fully saturated rings. The molecule has 34 heavy (non-hydrogen) atoms. The summed E-state index contributed by atoms with van der Waals surface area (Å²) in [5.74, 6) is -5.92. The second-order valence-electron chi connectivity index (χ2n) is 8.31. The van der Waals surface area contributed by atoms with Crippen molar-refractivity contribution in [2.75, 3.05) is 26.8 Å². The van der Waals surface area contributed by atoms with E-state index in [0.29, 0.717) is 4.90 Å². The van der Waals surface area contributed by atoms with Gasteiger partial charge in [-0.1, -0.05) is 48.5 Å². The highest BCUT2D eigenvalue weighted by molar-refractivity contribution is 5.88. The molecular formula is C24H24F2N2O6. The normalized spacial score (nSPS) is 19.3. The summed E-state index contributed by atoms with van der Waals surface area (Å²) in [4.78, 5) is 36.9. The Balaban J connectivity index is 1.36. The Labute approximate surface area is 194 Å². The van der Waals surface area contributed by atoms with E-state index in [0.717, 1.165) is 22.3 Å². The SMILES string of the molecule is COC(CNC(=O)OCC1c2ccccc2-c2ccccc21)C(=O)N1CC(F)(F)C[C@H]1C(=O)O. The van der Waals surface area contributed by atoms with Gasteiger partial charge < -0.3 is 24.8 Å². The number of aliphatic carboxylic acids is 1. The van der Waals surface area contributed by atoms with Crippen molar-refractivity contribution >= 4 is 18.0 Å². The first-order valence-corrected chi connectivity index (χ1v) is 10.7. The van der Waals surface area contributed by atoms with Crippen molar-refractivity contribution < 1.29 is 37.7 Å². The van der Waals surface area contributed by atoms with Crippen molar-refractivity contribution in [2.24, 2.45) is 0 Å². The number of alkyl carbamates (subject to hydrolysis) is 1. The number of carboxylic acid groups (broad SMARTS) is 1. The zero-order valence-corrected chi connectivity index (χ0v) is 18.4. The monoisotopic (exact) mass is 474 g/mol. The lowest BCUT2D eigenvalue weighted by molar-refractivity contribution is -0.152. The van der Waals surface area contributed by atoms with Gasteiger partial charge in [0, 0.05) is 19.4 Å². The molecule has 0 spiro atoms. The molecule has 1 saturated heterocycles. The number of fused-ring (bicyclic) bond motifs is 3. The molecule has 0 saturated carbocycles. The van der Waals surface area contributed by atoms with Gasteiger partial charge in [-0.15, -0.1) is 0 Å². The number of methoxy groups -OCH3 is 1. The molecule has 2 aliphatic rings. The van der Waals surface area contributed by atoms with Crippen LogP contribution >= 0.6 is 0 Å². The molecular weight excluding hydrogens is 450 g/mol. The number of ether oxygens (including phenoxy) is 2. The number of halogens is 2. The number of nitrogens with one attached hydrogen (secondary N) is 1. The molecule has 2 aromatic carbocycles. The van der Waals surface area contributed by atoms with Crippen LogP contribution in [0, 0.1) is 0 Å². The molecule has 2 atom stereocenters. The van der Waals surface area contributed by atoms with Crippen LogP contribution in [-0.4, -0.2) is 72.9 Å². The fourth-order valence-electron chi connectivity index (χ4n) is 4.55. The van der Waals surface area contributed by atoms with Crippen molar-refractivity contribution in [3.8, 4) is 11.1 Å². The summed E-state index contributed by atoms with van der Waals surface area (Å²) in [6.45, 7) is -1.32. The molecule has 1 aliphatic heterocycles. The molecule has 1 aliphatic carbocycles. The quantitative estimate of drug-likeness (QED) is 0.640. The van der Waals surface area contributed by atoms with Gasteiger partial charge in [-0.2, -0.15) is 0 Å². The number of carbonyl (C=O) groups is 3. The average Bonchev–Trinajstić information content (AvgIpc) is 3.32. The van der Waals surface area contributed by atoms with Crippen LogP contribution in [0.3, 0.4) is 0 Å². The third-order valence-corrected chi connectivity index (χ3v) is 6.17. The van der Waals surface area contributed by atoms with Crippen molar-refractivity contribution in [3.05, 3.63) is 59.7 Å². The minimum Gasteiger partial charge on any atom is -0.480 e. The average molecular weight is 474 g/mol. The van der Waals surface area contributed by atoms with Gasteiger partial charge in [0.1, 0.15) is 12.6 Å². The standard InChI is InChI=1S/C24H24F2N2O6/c1-33-20(21(29)28-13-24(25,26)10-19(28)22(30)31)11-27-23(32)34-12-18-16-8-4-2-6-14(16)15-7-3-5-9-17(15)18/h2-9,18-20H,10-13H2,1H3,(H,27,32)(H,30,31)/t19-,20?/m0/s1. The molecule has 8 nitrogen and oxygen atoms in total. The highest BCUT2D eigenvalue weighted by Crippen LogP contribution is 2.44. The second-order valence-corrected chi connectivity index (χ2v) is 8.31. The largest absolute Gasteiger partial charge is 0.480 e. The zero-order valence-electron chi connectivity index (χ0n) is 18.4. The number of hydrogen-bond donors (Lipinski definition) is 2. The Bertz CT molecular complexity index is 1060. The van der Waals surface area contributed by atoms with Crippen molar-refractivity contribution in [2.45, 2.75) is 30.4 Å². The highest BCUT2D eigenvalue weighted by atomic mass is 19.3. The van der Waals surface area contributed by atoms with Gasteiger partial charge >= 0.3 is 12.1 Å². The molecule has 0 bridgehead atoms. The lowest BCUT2D eigenvalue weighted by Gasteiger charge is -2.25. The Morgan fingerprint density at radius 3 is 2.26 bits per heavy atom. The van der Waals surface area contributed by atoms with E-state index < -0.39 is 49.0 Å². The van der Waals surface area contributed by atoms with Crippen LogP contribution < -0.4 is 5.32 Å². The molecule has 2 aromatic rings. The Kier molecular flexibility index (Phi) is 6.52. The van der Waals surface area contributed by atoms with E-state index in [2.05, 4.69) is 5.32 Å². The number of benzene rings is 2. The molecule has 0 aromatic heterocycles. The van der Waals surface area contributed by atoms with Crippen LogP contribution in [0.5, 0.6) is 0 Å². The lowest BCUT2D eigenvalue weighted by Crippen LogP contribution is -2.50. The first-order chi connectivity index (χ1) is 16.2. The third-order valence-electron chi connectivity index (χ3n) is 6.17. The summed E-state index contributed by atoms with van der Waals surface area (Å²) < 4.78 is 37.9. The fraction of sp³-hybridized carbons (Fsp3) is 0.375. The van der Waals surface area contributed by atoms with Crippen LogP contribution in [0.1, 0.15) is 23.5 Å². The van der Waals surface area contributed by atoms with Gasteiger partial charge in [-0.3, -0.25) is 4.79 Å². The number of nitrogens with zero attached hydrogens (tertiary/aromatic N) is 1. The number of hydrogen-bond acceptors (Lipinski definition) is 5. The summed E-state index contributed by atoms with van der Waals surface area (Å²) in [7, 11) is 1.17. The first-order valence-electron chi connectivity index (χ1n) is 10.7. The molecule has 1 unspecified atom stereocenters. The van der Waals surface area contributed by atoms with Crippen LogP contribution in [0.15, 0.2) is 48.5 Å². The van der Waals surface area contributed by atoms with Gasteiger partial charge in [0.05, 0.1) is 13.1 Å². The number of alkyl halides is 2. The molecule has 180 valence electrons. The fourth-order valence-corrected chi connectivity index (χ4v) is 4.55. The van der Waals surface area contributed by atoms with E-state index in [1.807, 2.05) is 48.5 Å². The number of carboxylic acids is 1. The van der Waals surface area contributed by atoms with Gasteiger partial charge in [-0.25, -0.2) is 18.4 Å². The third kappa shape index (κ3) is 4.58. The Hall–Kier alpha value is -3.53. The summed E-state index contributed by atoms with van der Waals surface area (Å²) in [5.41, 5.74) is 4.23. The van der Waals surface area contributed by atoms with Gasteiger partial charge in [0.2, 0.25) is 0 Å². The van der Waals surface area contributed by atoms with Gasteiger partial charge in [0.15, 0.2) is 6.10 Å². The molecule has 1 heterocycles. The number of rotatable bonds is 7. The number of likely N-dealkylation sites (tertiary alicyclic amines) is 1. The number of carbonyl (C=O) groups excluding carboxylic acids is 2. The van der Waals surface area contributed by atoms with Crippen molar-refractivity contribution in [3.63, 3.8) is 0 Å². The highest BCUT2D eigenvalue weighted by Gasteiger charge is 2.51. The summed E-state index contributed by atoms with van der Waals surface area (Å²) in [5, 5.41) is 11.6. The van der Waals surface area contributed by atoms with Crippen molar-refractivity contribution in [1.29, 1.82) is 0 Å². The molecule has 10 heteroatoms. The summed E-state index contributed by atoms with van der Waals surface area (Å²) in [6, 6.07) is 14.0. The van der Waals surface area contributed by atoms with Crippen molar-refractivity contribution in [1.82, 2.24) is 10.2 Å². The molecule has 0 radical (unpaired) electrons. The lowest BCUT2D eigenvalue weighted by atomic mass is 9.98. The van der Waals surface area contributed by atoms with E-state index in [9.17, 15) is 28.3 Å². The minimum absolute atomic E-state index is 0.0604. The van der Waals surface area contributed by atoms with Gasteiger partial charge in [0.25, 0.3) is 11.8 Å². The second kappa shape index (κ2) is 9.38.